The zero-order valence-electron chi connectivity index (χ0n) is 6.19. The molecule has 0 fully saturated rings. The Labute approximate surface area is 80.8 Å². The highest BCUT2D eigenvalue weighted by Crippen LogP contribution is 2.17. The Balaban J connectivity index is 0.00000121. The van der Waals surface area contributed by atoms with E-state index in [4.69, 9.17) is 11.6 Å². The number of hydrogen-bond donors (Lipinski definition) is 1. The topological polar surface area (TPSA) is 36.9 Å². The van der Waals surface area contributed by atoms with Gasteiger partial charge in [-0.2, -0.15) is 0 Å². The van der Waals surface area contributed by atoms with Crippen LogP contribution in [-0.2, 0) is 11.4 Å². The maximum Gasteiger partial charge on any atom is 0.147 e. The van der Waals surface area contributed by atoms with E-state index in [1.54, 1.807) is 12.1 Å². The molecule has 68 valence electrons. The fourth-order valence-electron chi connectivity index (χ4n) is 0.770. The lowest BCUT2D eigenvalue weighted by atomic mass is 10.2. The molecule has 0 saturated heterocycles. The normalized spacial score (nSPS) is 9.25. The second-order valence-corrected chi connectivity index (χ2v) is 2.47. The van der Waals surface area contributed by atoms with Crippen LogP contribution in [0.4, 0.5) is 4.39 Å². The van der Waals surface area contributed by atoms with Crippen molar-refractivity contribution in [1.82, 2.24) is 0 Å². The molecule has 0 amide bonds. The van der Waals surface area contributed by atoms with E-state index in [2.05, 4.69) is 10.7 Å². The first-order valence-electron chi connectivity index (χ1n) is 3.05. The molecule has 12 heavy (non-hydrogen) atoms. The molecule has 3 N–H and O–H groups in total. The first kappa shape index (κ1) is 11.6. The standard InChI is InChI=1S/C7H8ClFNO.ClH/c8-6-3-1-2-5(4-11-10)7(6)9;/h1-3H,4H2,10H3;1H/q+1;/p-1. The summed E-state index contributed by atoms with van der Waals surface area (Å²) in [6.07, 6.45) is 0. The summed E-state index contributed by atoms with van der Waals surface area (Å²) in [5, 5.41) is 0.111. The number of quaternary nitrogens is 1. The average molecular weight is 212 g/mol. The van der Waals surface area contributed by atoms with Gasteiger partial charge in [0.1, 0.15) is 12.4 Å². The number of benzene rings is 1. The minimum absolute atomic E-state index is 0. The van der Waals surface area contributed by atoms with Crippen LogP contribution >= 0.6 is 11.6 Å². The van der Waals surface area contributed by atoms with Gasteiger partial charge in [0.15, 0.2) is 0 Å². The number of rotatable bonds is 2. The van der Waals surface area contributed by atoms with Crippen molar-refractivity contribution in [3.8, 4) is 0 Å². The van der Waals surface area contributed by atoms with Crippen molar-refractivity contribution in [3.63, 3.8) is 0 Å². The molecule has 1 aromatic rings. The molecule has 1 aromatic carbocycles. The monoisotopic (exact) mass is 211 g/mol. The van der Waals surface area contributed by atoms with Gasteiger partial charge in [-0.1, -0.05) is 23.7 Å². The molecule has 0 aliphatic carbocycles. The van der Waals surface area contributed by atoms with E-state index in [1.807, 2.05) is 0 Å². The number of halogens is 3. The van der Waals surface area contributed by atoms with Gasteiger partial charge in [0.25, 0.3) is 0 Å². The Bertz CT molecular complexity index is 257. The van der Waals surface area contributed by atoms with Gasteiger partial charge in [-0.05, 0) is 6.07 Å². The molecule has 0 bridgehead atoms. The van der Waals surface area contributed by atoms with E-state index in [0.717, 1.165) is 0 Å². The summed E-state index contributed by atoms with van der Waals surface area (Å²) in [6.45, 7) is 0.145. The molecular weight excluding hydrogens is 204 g/mol. The summed E-state index contributed by atoms with van der Waals surface area (Å²) in [4.78, 5) is 4.52. The van der Waals surface area contributed by atoms with Gasteiger partial charge >= 0.3 is 0 Å². The molecule has 0 unspecified atom stereocenters. The summed E-state index contributed by atoms with van der Waals surface area (Å²) in [7, 11) is 0. The van der Waals surface area contributed by atoms with Gasteiger partial charge in [-0.3, -0.25) is 0 Å². The van der Waals surface area contributed by atoms with E-state index >= 15 is 0 Å². The third-order valence-corrected chi connectivity index (χ3v) is 1.58. The Hall–Kier alpha value is -0.350. The van der Waals surface area contributed by atoms with Crippen LogP contribution in [0.25, 0.3) is 0 Å². The predicted octanol–water partition coefficient (Wildman–Crippen LogP) is -1.84. The molecule has 0 aliphatic heterocycles. The summed E-state index contributed by atoms with van der Waals surface area (Å²) < 4.78 is 12.9. The van der Waals surface area contributed by atoms with E-state index in [-0.39, 0.29) is 24.0 Å². The van der Waals surface area contributed by atoms with Crippen molar-refractivity contribution in [2.45, 2.75) is 6.61 Å². The van der Waals surface area contributed by atoms with Crippen LogP contribution in [0.1, 0.15) is 5.56 Å². The van der Waals surface area contributed by atoms with Crippen molar-refractivity contribution >= 4 is 11.6 Å². The molecule has 0 spiro atoms. The Kier molecular flexibility index (Phi) is 5.17. The molecule has 0 aromatic heterocycles. The maximum absolute atomic E-state index is 12.9. The highest BCUT2D eigenvalue weighted by atomic mass is 35.5. The van der Waals surface area contributed by atoms with E-state index < -0.39 is 5.82 Å². The van der Waals surface area contributed by atoms with Gasteiger partial charge in [0.2, 0.25) is 0 Å². The molecule has 0 heterocycles. The van der Waals surface area contributed by atoms with Crippen molar-refractivity contribution in [1.29, 1.82) is 0 Å². The smallest absolute Gasteiger partial charge is 0.147 e. The van der Waals surface area contributed by atoms with Crippen LogP contribution in [0.3, 0.4) is 0 Å². The predicted molar refractivity (Wildman–Crippen MR) is 39.1 cm³/mol. The average Bonchev–Trinajstić information content (AvgIpc) is 1.99. The molecule has 0 radical (unpaired) electrons. The van der Waals surface area contributed by atoms with E-state index in [1.165, 1.54) is 6.07 Å². The second kappa shape index (κ2) is 5.32. The number of hydrogen-bond acceptors (Lipinski definition) is 1. The Morgan fingerprint density at radius 1 is 1.50 bits per heavy atom. The van der Waals surface area contributed by atoms with Crippen LogP contribution in [0.15, 0.2) is 18.2 Å². The third-order valence-electron chi connectivity index (χ3n) is 1.29. The van der Waals surface area contributed by atoms with Crippen LogP contribution in [-0.4, -0.2) is 0 Å². The second-order valence-electron chi connectivity index (χ2n) is 2.06. The highest BCUT2D eigenvalue weighted by Gasteiger charge is 2.05. The Morgan fingerprint density at radius 3 is 2.75 bits per heavy atom. The molecule has 1 rings (SSSR count). The summed E-state index contributed by atoms with van der Waals surface area (Å²) >= 11 is 5.50. The van der Waals surface area contributed by atoms with Crippen molar-refractivity contribution in [2.75, 3.05) is 0 Å². The zero-order chi connectivity index (χ0) is 8.27. The van der Waals surface area contributed by atoms with Crippen molar-refractivity contribution in [3.05, 3.63) is 34.6 Å². The highest BCUT2D eigenvalue weighted by molar-refractivity contribution is 6.30. The van der Waals surface area contributed by atoms with Gasteiger partial charge in [0.05, 0.1) is 5.02 Å². The third kappa shape index (κ3) is 2.60. The minimum atomic E-state index is -0.433. The molecular formula is C7H8Cl2FNO. The van der Waals surface area contributed by atoms with Gasteiger partial charge in [-0.25, -0.2) is 15.1 Å². The van der Waals surface area contributed by atoms with Crippen molar-refractivity contribution < 1.29 is 27.5 Å². The summed E-state index contributed by atoms with van der Waals surface area (Å²) in [5.41, 5.74) is 0.424. The first-order valence-corrected chi connectivity index (χ1v) is 3.43. The first-order chi connectivity index (χ1) is 5.25. The van der Waals surface area contributed by atoms with E-state index in [9.17, 15) is 4.39 Å². The summed E-state index contributed by atoms with van der Waals surface area (Å²) in [5.74, 6) is 2.71. The fraction of sp³-hybridized carbons (Fsp3) is 0.143. The SMILES string of the molecule is [Cl-].[NH3+]OCc1cccc(Cl)c1F. The van der Waals surface area contributed by atoms with Gasteiger partial charge in [-0.15, -0.1) is 0 Å². The molecule has 0 saturated carbocycles. The van der Waals surface area contributed by atoms with Gasteiger partial charge in [0, 0.05) is 5.56 Å². The Morgan fingerprint density at radius 2 is 2.17 bits per heavy atom. The summed E-state index contributed by atoms with van der Waals surface area (Å²) in [6, 6.07) is 4.76. The maximum atomic E-state index is 12.9. The lowest BCUT2D eigenvalue weighted by Gasteiger charge is -1.99. The fourth-order valence-corrected chi connectivity index (χ4v) is 0.964. The molecule has 5 heteroatoms. The lowest BCUT2D eigenvalue weighted by molar-refractivity contribution is -0.695. The molecule has 2 nitrogen and oxygen atoms in total. The molecule has 0 atom stereocenters. The van der Waals surface area contributed by atoms with Gasteiger partial charge < -0.3 is 12.4 Å². The largest absolute Gasteiger partial charge is 1.00 e. The zero-order valence-corrected chi connectivity index (χ0v) is 7.70. The van der Waals surface area contributed by atoms with E-state index in [0.29, 0.717) is 5.56 Å². The van der Waals surface area contributed by atoms with Crippen LogP contribution in [0.5, 0.6) is 0 Å². The van der Waals surface area contributed by atoms with Crippen LogP contribution < -0.4 is 18.3 Å². The van der Waals surface area contributed by atoms with Crippen LogP contribution in [0.2, 0.25) is 5.02 Å². The quantitative estimate of drug-likeness (QED) is 0.574. The van der Waals surface area contributed by atoms with Crippen molar-refractivity contribution in [2.24, 2.45) is 0 Å². The lowest BCUT2D eigenvalue weighted by Crippen LogP contribution is -3.00. The van der Waals surface area contributed by atoms with Crippen LogP contribution in [0, 0.1) is 5.82 Å². The molecule has 0 aliphatic rings. The minimum Gasteiger partial charge on any atom is -1.00 e.